The highest BCUT2D eigenvalue weighted by atomic mass is 35.5. The minimum Gasteiger partial charge on any atom is -0.465 e. The fourth-order valence-corrected chi connectivity index (χ4v) is 6.76. The molecule has 12 nitrogen and oxygen atoms in total. The molecule has 266 valence electrons. The topological polar surface area (TPSA) is 155 Å². The molecule has 0 aliphatic heterocycles. The van der Waals surface area contributed by atoms with Crippen molar-refractivity contribution in [3.8, 4) is 0 Å². The Morgan fingerprint density at radius 2 is 1.49 bits per heavy atom. The molecule has 0 heterocycles. The molecule has 16 heteroatoms. The molecule has 0 aliphatic carbocycles. The van der Waals surface area contributed by atoms with Gasteiger partial charge < -0.3 is 24.8 Å². The average Bonchev–Trinajstić information content (AvgIpc) is 3.05. The van der Waals surface area contributed by atoms with Crippen molar-refractivity contribution < 1.29 is 37.4 Å². The van der Waals surface area contributed by atoms with Gasteiger partial charge in [0.15, 0.2) is 6.29 Å². The number of nitrogens with one attached hydrogen (secondary N) is 2. The molecule has 0 aliphatic rings. The number of hydrogen-bond acceptors (Lipinski definition) is 7. The Balaban J connectivity index is 1.98. The summed E-state index contributed by atoms with van der Waals surface area (Å²) >= 11 is 18.1. The second kappa shape index (κ2) is 19.1. The third kappa shape index (κ3) is 12.1. The molecule has 0 saturated carbocycles. The number of carbonyl (C=O) groups excluding carboxylic acids is 2. The summed E-state index contributed by atoms with van der Waals surface area (Å²) in [5, 5.41) is 13.5. The summed E-state index contributed by atoms with van der Waals surface area (Å²) < 4.78 is 40.1. The molecule has 0 spiro atoms. The van der Waals surface area contributed by atoms with Crippen molar-refractivity contribution in [2.24, 2.45) is 0 Å². The number of nitrogens with zero attached hydrogens (tertiary/aromatic N) is 2. The number of benzene rings is 3. The van der Waals surface area contributed by atoms with Gasteiger partial charge in [0.25, 0.3) is 0 Å². The van der Waals surface area contributed by atoms with Gasteiger partial charge in [-0.3, -0.25) is 14.5 Å². The molecule has 0 bridgehead atoms. The van der Waals surface area contributed by atoms with Crippen LogP contribution in [0, 0.1) is 0 Å². The van der Waals surface area contributed by atoms with Gasteiger partial charge in [0.2, 0.25) is 21.8 Å². The Bertz CT molecular complexity index is 1660. The summed E-state index contributed by atoms with van der Waals surface area (Å²) in [4.78, 5) is 42.5. The maximum absolute atomic E-state index is 14.1. The van der Waals surface area contributed by atoms with Gasteiger partial charge in [-0.05, 0) is 55.3 Å². The van der Waals surface area contributed by atoms with Crippen molar-refractivity contribution in [1.29, 1.82) is 0 Å². The van der Waals surface area contributed by atoms with Crippen LogP contribution in [0.5, 0.6) is 0 Å². The number of rotatable bonds is 18. The normalized spacial score (nSPS) is 12.7. The number of carbonyl (C=O) groups is 3. The summed E-state index contributed by atoms with van der Waals surface area (Å²) in [6.45, 7) is 3.32. The molecule has 3 aromatic rings. The third-order valence-electron chi connectivity index (χ3n) is 7.24. The zero-order valence-corrected chi connectivity index (χ0v) is 30.2. The molecular weight excluding hydrogens is 719 g/mol. The number of hydrogen-bond donors (Lipinski definition) is 3. The highest BCUT2D eigenvalue weighted by molar-refractivity contribution is 7.89. The zero-order valence-electron chi connectivity index (χ0n) is 27.1. The first kappa shape index (κ1) is 40.0. The van der Waals surface area contributed by atoms with Gasteiger partial charge in [0.05, 0.1) is 11.6 Å². The summed E-state index contributed by atoms with van der Waals surface area (Å²) in [6, 6.07) is 16.0. The van der Waals surface area contributed by atoms with Crippen LogP contribution < -0.4 is 10.0 Å². The highest BCUT2D eigenvalue weighted by Crippen LogP contribution is 2.25. The van der Waals surface area contributed by atoms with Crippen molar-refractivity contribution in [3.63, 3.8) is 0 Å². The number of amides is 3. The molecule has 3 aromatic carbocycles. The van der Waals surface area contributed by atoms with Gasteiger partial charge in [0, 0.05) is 49.8 Å². The molecule has 0 saturated heterocycles. The fourth-order valence-electron chi connectivity index (χ4n) is 4.82. The van der Waals surface area contributed by atoms with Gasteiger partial charge in [-0.25, -0.2) is 17.9 Å². The monoisotopic (exact) mass is 756 g/mol. The SMILES string of the molecule is CCOC(CN(C)C(=O)C(Cc1ccc(Cl)cc1)NC(=O)C(CNS(=O)(=O)c1ccc(Cl)cc1Cl)N(Cc1ccccc1)C(=O)O)OCC. The summed E-state index contributed by atoms with van der Waals surface area (Å²) in [7, 11) is -2.84. The van der Waals surface area contributed by atoms with E-state index in [0.717, 1.165) is 4.90 Å². The summed E-state index contributed by atoms with van der Waals surface area (Å²) in [6.07, 6.45) is -2.22. The molecule has 2 atom stereocenters. The Kier molecular flexibility index (Phi) is 15.6. The van der Waals surface area contributed by atoms with E-state index in [0.29, 0.717) is 29.4 Å². The van der Waals surface area contributed by atoms with Crippen molar-refractivity contribution in [2.75, 3.05) is 33.4 Å². The lowest BCUT2D eigenvalue weighted by Gasteiger charge is -2.32. The van der Waals surface area contributed by atoms with E-state index in [4.69, 9.17) is 44.3 Å². The smallest absolute Gasteiger partial charge is 0.408 e. The second-order valence-corrected chi connectivity index (χ2v) is 13.8. The Morgan fingerprint density at radius 1 is 0.878 bits per heavy atom. The van der Waals surface area contributed by atoms with Crippen LogP contribution in [0.3, 0.4) is 0 Å². The summed E-state index contributed by atoms with van der Waals surface area (Å²) in [5.74, 6) is -1.44. The number of carboxylic acid groups (broad SMARTS) is 1. The average molecular weight is 758 g/mol. The first-order valence-electron chi connectivity index (χ1n) is 15.3. The predicted molar refractivity (Wildman–Crippen MR) is 187 cm³/mol. The van der Waals surface area contributed by atoms with E-state index in [1.165, 1.54) is 30.1 Å². The van der Waals surface area contributed by atoms with Crippen LogP contribution in [0.15, 0.2) is 77.7 Å². The van der Waals surface area contributed by atoms with Gasteiger partial charge in [-0.2, -0.15) is 0 Å². The Labute approximate surface area is 301 Å². The molecule has 3 amide bonds. The third-order valence-corrected chi connectivity index (χ3v) is 9.64. The number of halogens is 3. The largest absolute Gasteiger partial charge is 0.465 e. The Morgan fingerprint density at radius 3 is 2.06 bits per heavy atom. The van der Waals surface area contributed by atoms with E-state index in [1.54, 1.807) is 68.4 Å². The maximum Gasteiger partial charge on any atom is 0.408 e. The molecule has 3 N–H and O–H groups in total. The zero-order chi connectivity index (χ0) is 36.1. The highest BCUT2D eigenvalue weighted by Gasteiger charge is 2.35. The van der Waals surface area contributed by atoms with E-state index in [-0.39, 0.29) is 34.5 Å². The van der Waals surface area contributed by atoms with Crippen molar-refractivity contribution in [3.05, 3.63) is 99.0 Å². The predicted octanol–water partition coefficient (Wildman–Crippen LogP) is 5.06. The van der Waals surface area contributed by atoms with Crippen LogP contribution >= 0.6 is 34.8 Å². The van der Waals surface area contributed by atoms with E-state index in [1.807, 2.05) is 0 Å². The quantitative estimate of drug-likeness (QED) is 0.152. The number of likely N-dealkylation sites (N-methyl/N-ethyl adjacent to an activating group) is 1. The second-order valence-electron chi connectivity index (χ2n) is 10.8. The molecule has 0 radical (unpaired) electrons. The molecule has 0 fully saturated rings. The van der Waals surface area contributed by atoms with E-state index in [9.17, 15) is 27.9 Å². The molecule has 49 heavy (non-hydrogen) atoms. The minimum atomic E-state index is -4.36. The van der Waals surface area contributed by atoms with Gasteiger partial charge in [-0.1, -0.05) is 77.3 Å². The van der Waals surface area contributed by atoms with E-state index in [2.05, 4.69) is 10.0 Å². The molecule has 0 aromatic heterocycles. The van der Waals surface area contributed by atoms with Crippen molar-refractivity contribution in [1.82, 2.24) is 19.8 Å². The first-order valence-corrected chi connectivity index (χ1v) is 17.9. The fraction of sp³-hybridized carbons (Fsp3) is 0.364. The van der Waals surface area contributed by atoms with Crippen LogP contribution in [0.4, 0.5) is 4.79 Å². The lowest BCUT2D eigenvalue weighted by molar-refractivity contribution is -0.158. The van der Waals surface area contributed by atoms with E-state index < -0.39 is 52.8 Å². The standard InChI is InChI=1S/C33H39Cl3N4O8S/c1-4-47-30(48-5-2)21-39(3)32(42)27(17-22-11-13-24(34)14-12-22)38-31(41)28(40(33(43)44)20-23-9-7-6-8-10-23)19-37-49(45,46)29-16-15-25(35)18-26(29)36/h6-16,18,27-28,30,37H,4-5,17,19-21H2,1-3H3,(H,38,41)(H,43,44). The van der Waals surface area contributed by atoms with Crippen LogP contribution in [-0.4, -0.2) is 93.0 Å². The summed E-state index contributed by atoms with van der Waals surface area (Å²) in [5.41, 5.74) is 1.19. The molecule has 3 rings (SSSR count). The van der Waals surface area contributed by atoms with Gasteiger partial charge >= 0.3 is 6.09 Å². The molecular formula is C33H39Cl3N4O8S. The number of sulfonamides is 1. The van der Waals surface area contributed by atoms with Crippen LogP contribution in [-0.2, 0) is 42.1 Å². The lowest BCUT2D eigenvalue weighted by Crippen LogP contribution is -2.58. The van der Waals surface area contributed by atoms with Crippen molar-refractivity contribution >= 4 is 62.7 Å². The number of ether oxygens (including phenoxy) is 2. The minimum absolute atomic E-state index is 0.00457. The first-order chi connectivity index (χ1) is 23.2. The molecule has 2 unspecified atom stereocenters. The van der Waals surface area contributed by atoms with Crippen LogP contribution in [0.1, 0.15) is 25.0 Å². The van der Waals surface area contributed by atoms with Crippen molar-refractivity contribution in [2.45, 2.75) is 50.1 Å². The maximum atomic E-state index is 14.1. The van der Waals surface area contributed by atoms with E-state index >= 15 is 0 Å². The van der Waals surface area contributed by atoms with Crippen LogP contribution in [0.2, 0.25) is 15.1 Å². The Hall–Kier alpha value is -3.43. The van der Waals surface area contributed by atoms with Gasteiger partial charge in [0.1, 0.15) is 17.0 Å². The van der Waals surface area contributed by atoms with Crippen LogP contribution in [0.25, 0.3) is 0 Å². The lowest BCUT2D eigenvalue weighted by atomic mass is 10.0. The van der Waals surface area contributed by atoms with Gasteiger partial charge in [-0.15, -0.1) is 0 Å².